The third-order valence-electron chi connectivity index (χ3n) is 4.80. The Hall–Kier alpha value is -3.20. The Morgan fingerprint density at radius 1 is 1.15 bits per heavy atom. The highest BCUT2D eigenvalue weighted by atomic mass is 16.5. The quantitative estimate of drug-likeness (QED) is 0.843. The molecule has 2 aromatic rings. The molecule has 0 bridgehead atoms. The van der Waals surface area contributed by atoms with E-state index in [2.05, 4.69) is 11.0 Å². The Kier molecular flexibility index (Phi) is 5.51. The summed E-state index contributed by atoms with van der Waals surface area (Å²) in [5, 5.41) is 9.32. The van der Waals surface area contributed by atoms with Crippen molar-refractivity contribution >= 4 is 17.3 Å². The van der Waals surface area contributed by atoms with E-state index in [1.165, 1.54) is 5.56 Å². The van der Waals surface area contributed by atoms with E-state index in [0.29, 0.717) is 37.4 Å². The number of hydrogen-bond donors (Lipinski definition) is 1. The molecule has 0 spiro atoms. The highest BCUT2D eigenvalue weighted by molar-refractivity contribution is 5.78. The van der Waals surface area contributed by atoms with Crippen LogP contribution in [0.5, 0.6) is 5.75 Å². The number of piperazine rings is 1. The molecule has 0 radical (unpaired) electrons. The summed E-state index contributed by atoms with van der Waals surface area (Å²) in [4.78, 5) is 16.4. The molecular weight excluding hydrogens is 340 g/mol. The number of anilines is 2. The standard InChI is InChI=1S/C21H24N4O2/c1-15-3-6-20(16(2)11-15)27-14-21(26)25-9-7-24(8-10-25)19-5-4-18(23)12-17(19)13-22/h3-6,11-12H,7-10,14,23H2,1-2H3. The first kappa shape index (κ1) is 18.6. The van der Waals surface area contributed by atoms with Crippen molar-refractivity contribution in [1.82, 2.24) is 4.90 Å². The van der Waals surface area contributed by atoms with E-state index in [1.807, 2.05) is 43.0 Å². The lowest BCUT2D eigenvalue weighted by molar-refractivity contribution is -0.133. The number of carbonyl (C=O) groups is 1. The van der Waals surface area contributed by atoms with E-state index in [1.54, 1.807) is 12.1 Å². The first-order chi connectivity index (χ1) is 13.0. The molecule has 0 aliphatic carbocycles. The molecule has 1 saturated heterocycles. The van der Waals surface area contributed by atoms with Crippen LogP contribution in [0.2, 0.25) is 0 Å². The van der Waals surface area contributed by atoms with Crippen molar-refractivity contribution in [2.45, 2.75) is 13.8 Å². The lowest BCUT2D eigenvalue weighted by Crippen LogP contribution is -2.50. The molecular formula is C21H24N4O2. The third kappa shape index (κ3) is 4.32. The first-order valence-corrected chi connectivity index (χ1v) is 9.00. The van der Waals surface area contributed by atoms with E-state index in [9.17, 15) is 10.1 Å². The zero-order chi connectivity index (χ0) is 19.4. The van der Waals surface area contributed by atoms with Crippen LogP contribution in [-0.2, 0) is 4.79 Å². The molecule has 1 fully saturated rings. The average molecular weight is 364 g/mol. The fourth-order valence-corrected chi connectivity index (χ4v) is 3.31. The Balaban J connectivity index is 1.56. The molecule has 27 heavy (non-hydrogen) atoms. The fraction of sp³-hybridized carbons (Fsp3) is 0.333. The van der Waals surface area contributed by atoms with Gasteiger partial charge in [-0.05, 0) is 43.7 Å². The van der Waals surface area contributed by atoms with Crippen LogP contribution in [0.3, 0.4) is 0 Å². The summed E-state index contributed by atoms with van der Waals surface area (Å²) in [6.07, 6.45) is 0. The number of benzene rings is 2. The minimum absolute atomic E-state index is 0.0209. The Bertz CT molecular complexity index is 880. The molecule has 1 amide bonds. The average Bonchev–Trinajstić information content (AvgIpc) is 2.67. The molecule has 2 N–H and O–H groups in total. The van der Waals surface area contributed by atoms with Gasteiger partial charge in [0.25, 0.3) is 5.91 Å². The van der Waals surface area contributed by atoms with Crippen molar-refractivity contribution < 1.29 is 9.53 Å². The molecule has 0 saturated carbocycles. The van der Waals surface area contributed by atoms with Crippen LogP contribution in [0.4, 0.5) is 11.4 Å². The smallest absolute Gasteiger partial charge is 0.260 e. The second-order valence-electron chi connectivity index (χ2n) is 6.81. The molecule has 6 heteroatoms. The van der Waals surface area contributed by atoms with Gasteiger partial charge in [-0.15, -0.1) is 0 Å². The number of ether oxygens (including phenoxy) is 1. The normalized spacial score (nSPS) is 14.0. The molecule has 0 unspecified atom stereocenters. The second-order valence-corrected chi connectivity index (χ2v) is 6.81. The number of amides is 1. The molecule has 1 aliphatic heterocycles. The molecule has 0 atom stereocenters. The van der Waals surface area contributed by atoms with Gasteiger partial charge in [0.2, 0.25) is 0 Å². The molecule has 1 heterocycles. The summed E-state index contributed by atoms with van der Waals surface area (Å²) in [6, 6.07) is 13.5. The summed E-state index contributed by atoms with van der Waals surface area (Å²) in [5.41, 5.74) is 9.96. The maximum Gasteiger partial charge on any atom is 0.260 e. The van der Waals surface area contributed by atoms with Crippen LogP contribution < -0.4 is 15.4 Å². The largest absolute Gasteiger partial charge is 0.484 e. The maximum atomic E-state index is 12.5. The molecule has 1 aliphatic rings. The van der Waals surface area contributed by atoms with Crippen LogP contribution in [0.1, 0.15) is 16.7 Å². The molecule has 2 aromatic carbocycles. The topological polar surface area (TPSA) is 82.6 Å². The predicted octanol–water partition coefficient (Wildman–Crippen LogP) is 2.48. The van der Waals surface area contributed by atoms with Gasteiger partial charge >= 0.3 is 0 Å². The van der Waals surface area contributed by atoms with Crippen molar-refractivity contribution in [2.24, 2.45) is 0 Å². The van der Waals surface area contributed by atoms with Gasteiger partial charge in [0, 0.05) is 31.9 Å². The minimum atomic E-state index is -0.0209. The summed E-state index contributed by atoms with van der Waals surface area (Å²) < 4.78 is 5.71. The molecule has 3 rings (SSSR count). The minimum Gasteiger partial charge on any atom is -0.484 e. The lowest BCUT2D eigenvalue weighted by Gasteiger charge is -2.36. The summed E-state index contributed by atoms with van der Waals surface area (Å²) in [7, 11) is 0. The van der Waals surface area contributed by atoms with Gasteiger partial charge in [0.05, 0.1) is 11.3 Å². The highest BCUT2D eigenvalue weighted by Gasteiger charge is 2.23. The number of aryl methyl sites for hydroxylation is 2. The molecule has 6 nitrogen and oxygen atoms in total. The van der Waals surface area contributed by atoms with Gasteiger partial charge in [0.15, 0.2) is 6.61 Å². The Morgan fingerprint density at radius 3 is 2.56 bits per heavy atom. The summed E-state index contributed by atoms with van der Waals surface area (Å²) >= 11 is 0. The number of nitrogens with zero attached hydrogens (tertiary/aromatic N) is 3. The van der Waals surface area contributed by atoms with Gasteiger partial charge in [-0.1, -0.05) is 17.7 Å². The Morgan fingerprint density at radius 2 is 1.89 bits per heavy atom. The fourth-order valence-electron chi connectivity index (χ4n) is 3.31. The van der Waals surface area contributed by atoms with Crippen LogP contribution in [-0.4, -0.2) is 43.6 Å². The van der Waals surface area contributed by atoms with Crippen LogP contribution in [0.15, 0.2) is 36.4 Å². The summed E-state index contributed by atoms with van der Waals surface area (Å²) in [6.45, 7) is 6.59. The van der Waals surface area contributed by atoms with E-state index >= 15 is 0 Å². The van der Waals surface area contributed by atoms with E-state index in [0.717, 1.165) is 17.0 Å². The zero-order valence-corrected chi connectivity index (χ0v) is 15.7. The summed E-state index contributed by atoms with van der Waals surface area (Å²) in [5.74, 6) is 0.723. The third-order valence-corrected chi connectivity index (χ3v) is 4.80. The lowest BCUT2D eigenvalue weighted by atomic mass is 10.1. The van der Waals surface area contributed by atoms with E-state index < -0.39 is 0 Å². The van der Waals surface area contributed by atoms with Gasteiger partial charge in [-0.25, -0.2) is 0 Å². The van der Waals surface area contributed by atoms with Crippen LogP contribution in [0.25, 0.3) is 0 Å². The monoisotopic (exact) mass is 364 g/mol. The molecule has 0 aromatic heterocycles. The van der Waals surface area contributed by atoms with Crippen molar-refractivity contribution in [3.05, 3.63) is 53.1 Å². The maximum absolute atomic E-state index is 12.5. The van der Waals surface area contributed by atoms with Gasteiger partial charge in [-0.3, -0.25) is 4.79 Å². The Labute approximate surface area is 159 Å². The number of rotatable bonds is 4. The van der Waals surface area contributed by atoms with Crippen molar-refractivity contribution in [2.75, 3.05) is 43.4 Å². The number of nitrogens with two attached hydrogens (primary N) is 1. The van der Waals surface area contributed by atoms with Crippen molar-refractivity contribution in [3.8, 4) is 11.8 Å². The zero-order valence-electron chi connectivity index (χ0n) is 15.7. The SMILES string of the molecule is Cc1ccc(OCC(=O)N2CCN(c3ccc(N)cc3C#N)CC2)c(C)c1. The highest BCUT2D eigenvalue weighted by Crippen LogP contribution is 2.24. The van der Waals surface area contributed by atoms with Gasteiger partial charge in [-0.2, -0.15) is 5.26 Å². The number of hydrogen-bond acceptors (Lipinski definition) is 5. The van der Waals surface area contributed by atoms with Crippen LogP contribution in [0, 0.1) is 25.2 Å². The van der Waals surface area contributed by atoms with E-state index in [4.69, 9.17) is 10.5 Å². The van der Waals surface area contributed by atoms with Gasteiger partial charge < -0.3 is 20.3 Å². The van der Waals surface area contributed by atoms with Crippen molar-refractivity contribution in [3.63, 3.8) is 0 Å². The first-order valence-electron chi connectivity index (χ1n) is 9.00. The van der Waals surface area contributed by atoms with Crippen LogP contribution >= 0.6 is 0 Å². The predicted molar refractivity (Wildman–Crippen MR) is 106 cm³/mol. The number of carbonyl (C=O) groups excluding carboxylic acids is 1. The molecule has 140 valence electrons. The number of nitrogen functional groups attached to an aromatic ring is 1. The second kappa shape index (κ2) is 8.00. The van der Waals surface area contributed by atoms with Gasteiger partial charge in [0.1, 0.15) is 11.8 Å². The number of nitriles is 1. The van der Waals surface area contributed by atoms with E-state index in [-0.39, 0.29) is 12.5 Å². The van der Waals surface area contributed by atoms with Crippen molar-refractivity contribution in [1.29, 1.82) is 5.26 Å².